The smallest absolute Gasteiger partial charge is 0.160 e. The van der Waals surface area contributed by atoms with Crippen molar-refractivity contribution in [3.05, 3.63) is 46.8 Å². The average molecular weight is 277 g/mol. The third-order valence-electron chi connectivity index (χ3n) is 3.88. The van der Waals surface area contributed by atoms with E-state index in [2.05, 4.69) is 5.10 Å². The number of nitrogens with two attached hydrogens (primary N) is 1. The average Bonchev–Trinajstić information content (AvgIpc) is 2.82. The van der Waals surface area contributed by atoms with Gasteiger partial charge in [-0.25, -0.2) is 13.5 Å². The van der Waals surface area contributed by atoms with E-state index >= 15 is 0 Å². The molecule has 1 heterocycles. The van der Waals surface area contributed by atoms with E-state index in [4.69, 9.17) is 5.73 Å². The van der Waals surface area contributed by atoms with Crippen molar-refractivity contribution in [1.29, 1.82) is 0 Å². The summed E-state index contributed by atoms with van der Waals surface area (Å²) in [4.78, 5) is 0. The molecule has 1 atom stereocenters. The molecule has 106 valence electrons. The number of hydrogen-bond acceptors (Lipinski definition) is 2. The van der Waals surface area contributed by atoms with Gasteiger partial charge >= 0.3 is 0 Å². The minimum absolute atomic E-state index is 0.00672. The van der Waals surface area contributed by atoms with Gasteiger partial charge in [-0.05, 0) is 37.8 Å². The van der Waals surface area contributed by atoms with Gasteiger partial charge < -0.3 is 5.73 Å². The van der Waals surface area contributed by atoms with Gasteiger partial charge in [-0.15, -0.1) is 0 Å². The van der Waals surface area contributed by atoms with Gasteiger partial charge in [0.2, 0.25) is 0 Å². The molecule has 3 nitrogen and oxygen atoms in total. The van der Waals surface area contributed by atoms with Gasteiger partial charge in [0.25, 0.3) is 0 Å². The molecule has 0 bridgehead atoms. The quantitative estimate of drug-likeness (QED) is 0.917. The largest absolute Gasteiger partial charge is 0.324 e. The molecule has 2 N–H and O–H groups in total. The molecule has 0 spiro atoms. The second-order valence-corrected chi connectivity index (χ2v) is 5.17. The molecular formula is C15H17F2N3. The lowest BCUT2D eigenvalue weighted by Gasteiger charge is -2.20. The van der Waals surface area contributed by atoms with E-state index in [0.29, 0.717) is 5.69 Å². The van der Waals surface area contributed by atoms with Crippen molar-refractivity contribution in [1.82, 2.24) is 9.78 Å². The molecule has 0 fully saturated rings. The van der Waals surface area contributed by atoms with Crippen molar-refractivity contribution < 1.29 is 8.78 Å². The summed E-state index contributed by atoms with van der Waals surface area (Å²) in [5.41, 5.74) is 9.81. The van der Waals surface area contributed by atoms with Crippen LogP contribution in [0.3, 0.4) is 0 Å². The van der Waals surface area contributed by atoms with Crippen LogP contribution in [0, 0.1) is 11.6 Å². The van der Waals surface area contributed by atoms with E-state index in [0.717, 1.165) is 48.7 Å². The summed E-state index contributed by atoms with van der Waals surface area (Å²) in [6, 6.07) is 3.85. The maximum Gasteiger partial charge on any atom is 0.160 e. The predicted octanol–water partition coefficient (Wildman–Crippen LogP) is 3.05. The first-order chi connectivity index (χ1) is 9.61. The number of aryl methyl sites for hydroxylation is 1. The monoisotopic (exact) mass is 277 g/mol. The maximum atomic E-state index is 13.4. The lowest BCUT2D eigenvalue weighted by molar-refractivity contribution is 0.506. The van der Waals surface area contributed by atoms with Gasteiger partial charge in [-0.1, -0.05) is 6.92 Å². The van der Waals surface area contributed by atoms with Gasteiger partial charge in [0.1, 0.15) is 0 Å². The number of benzene rings is 1. The third kappa shape index (κ3) is 2.02. The summed E-state index contributed by atoms with van der Waals surface area (Å²) >= 11 is 0. The summed E-state index contributed by atoms with van der Waals surface area (Å²) < 4.78 is 28.2. The number of hydrogen-bond donors (Lipinski definition) is 1. The zero-order valence-electron chi connectivity index (χ0n) is 11.4. The molecule has 20 heavy (non-hydrogen) atoms. The zero-order valence-corrected chi connectivity index (χ0v) is 11.4. The highest BCUT2D eigenvalue weighted by Crippen LogP contribution is 2.32. The second-order valence-electron chi connectivity index (χ2n) is 5.17. The Morgan fingerprint density at radius 2 is 2.15 bits per heavy atom. The topological polar surface area (TPSA) is 43.8 Å². The molecular weight excluding hydrogens is 260 g/mol. The summed E-state index contributed by atoms with van der Waals surface area (Å²) in [5.74, 6) is -1.70. The Morgan fingerprint density at radius 1 is 1.35 bits per heavy atom. The van der Waals surface area contributed by atoms with Gasteiger partial charge in [0, 0.05) is 23.4 Å². The highest BCUT2D eigenvalue weighted by atomic mass is 19.2. The van der Waals surface area contributed by atoms with Crippen molar-refractivity contribution in [2.75, 3.05) is 0 Å². The Hall–Kier alpha value is -1.75. The van der Waals surface area contributed by atoms with Crippen LogP contribution in [0.4, 0.5) is 8.78 Å². The Bertz CT molecular complexity index is 649. The van der Waals surface area contributed by atoms with Crippen molar-refractivity contribution in [2.24, 2.45) is 5.73 Å². The number of halogens is 2. The van der Waals surface area contributed by atoms with Crippen LogP contribution in [-0.4, -0.2) is 9.78 Å². The summed E-state index contributed by atoms with van der Waals surface area (Å²) in [7, 11) is 0. The van der Waals surface area contributed by atoms with Crippen LogP contribution in [0.2, 0.25) is 0 Å². The molecule has 2 aromatic rings. The van der Waals surface area contributed by atoms with Crippen LogP contribution in [0.25, 0.3) is 5.69 Å². The fourth-order valence-electron chi connectivity index (χ4n) is 2.91. The summed E-state index contributed by atoms with van der Waals surface area (Å²) in [6.45, 7) is 2.03. The van der Waals surface area contributed by atoms with Crippen LogP contribution in [0.15, 0.2) is 18.2 Å². The molecule has 1 aliphatic rings. The molecule has 3 rings (SSSR count). The first-order valence-electron chi connectivity index (χ1n) is 6.93. The molecule has 0 saturated carbocycles. The van der Waals surface area contributed by atoms with Crippen LogP contribution in [-0.2, 0) is 12.8 Å². The van der Waals surface area contributed by atoms with Crippen molar-refractivity contribution in [3.8, 4) is 5.69 Å². The Balaban J connectivity index is 2.16. The van der Waals surface area contributed by atoms with E-state index in [1.807, 2.05) is 6.92 Å². The predicted molar refractivity (Wildman–Crippen MR) is 72.7 cm³/mol. The molecule has 1 aliphatic carbocycles. The molecule has 0 amide bonds. The minimum Gasteiger partial charge on any atom is -0.324 e. The Morgan fingerprint density at radius 3 is 2.85 bits per heavy atom. The number of aromatic nitrogens is 2. The highest BCUT2D eigenvalue weighted by Gasteiger charge is 2.26. The summed E-state index contributed by atoms with van der Waals surface area (Å²) in [5, 5.41) is 4.55. The van der Waals surface area contributed by atoms with Gasteiger partial charge in [0.15, 0.2) is 11.6 Å². The molecule has 1 aromatic heterocycles. The van der Waals surface area contributed by atoms with Gasteiger partial charge in [-0.2, -0.15) is 5.10 Å². The van der Waals surface area contributed by atoms with E-state index in [1.54, 1.807) is 10.7 Å². The fourth-order valence-corrected chi connectivity index (χ4v) is 2.91. The molecule has 1 aromatic carbocycles. The van der Waals surface area contributed by atoms with Crippen molar-refractivity contribution in [2.45, 2.75) is 38.6 Å². The minimum atomic E-state index is -0.857. The number of nitrogens with zero attached hydrogens (tertiary/aromatic N) is 2. The molecule has 5 heteroatoms. The lowest BCUT2D eigenvalue weighted by atomic mass is 9.91. The van der Waals surface area contributed by atoms with E-state index in [-0.39, 0.29) is 6.04 Å². The van der Waals surface area contributed by atoms with Gasteiger partial charge in [-0.3, -0.25) is 0 Å². The highest BCUT2D eigenvalue weighted by molar-refractivity contribution is 5.40. The van der Waals surface area contributed by atoms with E-state index in [1.165, 1.54) is 6.07 Å². The first-order valence-corrected chi connectivity index (χ1v) is 6.93. The van der Waals surface area contributed by atoms with Crippen LogP contribution >= 0.6 is 0 Å². The van der Waals surface area contributed by atoms with E-state index in [9.17, 15) is 8.78 Å². The number of rotatable bonds is 2. The fraction of sp³-hybridized carbons (Fsp3) is 0.400. The number of fused-ring (bicyclic) bond motifs is 1. The Labute approximate surface area is 116 Å². The van der Waals surface area contributed by atoms with Gasteiger partial charge in [0.05, 0.1) is 11.4 Å². The van der Waals surface area contributed by atoms with Crippen LogP contribution in [0.5, 0.6) is 0 Å². The molecule has 1 unspecified atom stereocenters. The summed E-state index contributed by atoms with van der Waals surface area (Å²) in [6.07, 6.45) is 3.60. The molecule has 0 aliphatic heterocycles. The molecule has 0 radical (unpaired) electrons. The second kappa shape index (κ2) is 4.98. The molecule has 0 saturated heterocycles. The maximum absolute atomic E-state index is 13.4. The van der Waals surface area contributed by atoms with Crippen LogP contribution in [0.1, 0.15) is 42.8 Å². The van der Waals surface area contributed by atoms with E-state index < -0.39 is 11.6 Å². The normalized spacial score (nSPS) is 18.1. The standard InChI is InChI=1S/C15H17F2N3/c1-2-13-15-12(18)4-3-5-14(15)20(19-13)9-6-7-10(16)11(17)8-9/h6-8,12H,2-5,18H2,1H3. The third-order valence-corrected chi connectivity index (χ3v) is 3.88. The van der Waals surface area contributed by atoms with Crippen LogP contribution < -0.4 is 5.73 Å². The SMILES string of the molecule is CCc1nn(-c2ccc(F)c(F)c2)c2c1C(N)CCC2. The first kappa shape index (κ1) is 13.2. The van der Waals surface area contributed by atoms with Crippen molar-refractivity contribution in [3.63, 3.8) is 0 Å². The lowest BCUT2D eigenvalue weighted by Crippen LogP contribution is -2.19. The Kier molecular flexibility index (Phi) is 3.30. The van der Waals surface area contributed by atoms with Crippen molar-refractivity contribution >= 4 is 0 Å². The zero-order chi connectivity index (χ0) is 14.3.